The van der Waals surface area contributed by atoms with Crippen LogP contribution in [0.2, 0.25) is 0 Å². The highest BCUT2D eigenvalue weighted by Gasteiger charge is 2.29. The second kappa shape index (κ2) is 8.29. The summed E-state index contributed by atoms with van der Waals surface area (Å²) in [6, 6.07) is 13.2. The van der Waals surface area contributed by atoms with Crippen molar-refractivity contribution in [3.8, 4) is 5.69 Å². The van der Waals surface area contributed by atoms with Crippen LogP contribution in [0.3, 0.4) is 0 Å². The van der Waals surface area contributed by atoms with E-state index in [9.17, 15) is 9.59 Å². The monoisotopic (exact) mass is 410 g/mol. The standard InChI is InChI=1S/C22H26N4O2S/c1-15-19(21(27)26(25(15)2)17-11-4-3-5-12-17)23-22(28)24-20(16-9-6-7-10-16)18-13-8-14-29-18/h3-5,8,11-14,16,20H,6-7,9-10H2,1-2H3,(H2,23,24,28)/t20-/m0/s1. The molecule has 0 spiro atoms. The second-order valence-corrected chi connectivity index (χ2v) is 8.55. The van der Waals surface area contributed by atoms with Crippen LogP contribution in [0, 0.1) is 12.8 Å². The highest BCUT2D eigenvalue weighted by molar-refractivity contribution is 7.10. The van der Waals surface area contributed by atoms with Crippen LogP contribution in [0.5, 0.6) is 0 Å². The SMILES string of the molecule is Cc1c(NC(=O)N[C@H](c2cccs2)C2CCCC2)c(=O)n(-c2ccccc2)n1C. The molecule has 7 heteroatoms. The first-order chi connectivity index (χ1) is 14.1. The number of hydrogen-bond donors (Lipinski definition) is 2. The summed E-state index contributed by atoms with van der Waals surface area (Å²) in [4.78, 5) is 27.0. The number of thiophene rings is 1. The van der Waals surface area contributed by atoms with Gasteiger partial charge in [-0.1, -0.05) is 37.1 Å². The topological polar surface area (TPSA) is 68.1 Å². The Balaban J connectivity index is 1.57. The Morgan fingerprint density at radius 3 is 2.52 bits per heavy atom. The number of carbonyl (C=O) groups is 1. The molecule has 1 aliphatic rings. The van der Waals surface area contributed by atoms with Crippen molar-refractivity contribution in [2.75, 3.05) is 5.32 Å². The van der Waals surface area contributed by atoms with Crippen molar-refractivity contribution < 1.29 is 4.79 Å². The molecule has 1 atom stereocenters. The van der Waals surface area contributed by atoms with E-state index in [4.69, 9.17) is 0 Å². The minimum absolute atomic E-state index is 0.0159. The Hall–Kier alpha value is -2.80. The maximum atomic E-state index is 13.0. The molecular formula is C22H26N4O2S. The Morgan fingerprint density at radius 2 is 1.86 bits per heavy atom. The third-order valence-electron chi connectivity index (χ3n) is 5.80. The van der Waals surface area contributed by atoms with Gasteiger partial charge in [0.05, 0.1) is 17.4 Å². The summed E-state index contributed by atoms with van der Waals surface area (Å²) >= 11 is 1.66. The number of urea groups is 1. The van der Waals surface area contributed by atoms with Gasteiger partial charge in [-0.3, -0.25) is 9.48 Å². The van der Waals surface area contributed by atoms with Crippen molar-refractivity contribution in [3.05, 3.63) is 68.8 Å². The summed E-state index contributed by atoms with van der Waals surface area (Å²) in [6.45, 7) is 1.84. The largest absolute Gasteiger partial charge is 0.330 e. The molecular weight excluding hydrogens is 384 g/mol. The van der Waals surface area contributed by atoms with Gasteiger partial charge in [-0.2, -0.15) is 0 Å². The average molecular weight is 411 g/mol. The molecule has 1 aliphatic carbocycles. The molecule has 0 aliphatic heterocycles. The molecule has 0 radical (unpaired) electrons. The average Bonchev–Trinajstić information content (AvgIpc) is 3.47. The fraction of sp³-hybridized carbons (Fsp3) is 0.364. The summed E-state index contributed by atoms with van der Waals surface area (Å²) in [6.07, 6.45) is 4.65. The van der Waals surface area contributed by atoms with E-state index in [1.165, 1.54) is 17.7 Å². The maximum Gasteiger partial charge on any atom is 0.319 e. The fourth-order valence-electron chi connectivity index (χ4n) is 4.18. The summed E-state index contributed by atoms with van der Waals surface area (Å²) in [5, 5.41) is 8.00. The van der Waals surface area contributed by atoms with E-state index in [0.717, 1.165) is 18.5 Å². The predicted octanol–water partition coefficient (Wildman–Crippen LogP) is 4.60. The van der Waals surface area contributed by atoms with Crippen LogP contribution in [0.25, 0.3) is 5.69 Å². The van der Waals surface area contributed by atoms with Crippen LogP contribution in [0.15, 0.2) is 52.6 Å². The van der Waals surface area contributed by atoms with Crippen molar-refractivity contribution in [3.63, 3.8) is 0 Å². The van der Waals surface area contributed by atoms with Crippen LogP contribution in [0.1, 0.15) is 42.3 Å². The van der Waals surface area contributed by atoms with Gasteiger partial charge in [0.15, 0.2) is 0 Å². The third-order valence-corrected chi connectivity index (χ3v) is 6.76. The molecule has 0 bridgehead atoms. The van der Waals surface area contributed by atoms with Crippen LogP contribution in [0.4, 0.5) is 10.5 Å². The van der Waals surface area contributed by atoms with Crippen molar-refractivity contribution in [1.29, 1.82) is 0 Å². The first-order valence-electron chi connectivity index (χ1n) is 10.0. The highest BCUT2D eigenvalue weighted by atomic mass is 32.1. The first kappa shape index (κ1) is 19.5. The Labute approximate surface area is 174 Å². The number of nitrogens with zero attached hydrogens (tertiary/aromatic N) is 2. The van der Waals surface area contributed by atoms with E-state index in [0.29, 0.717) is 17.3 Å². The van der Waals surface area contributed by atoms with E-state index in [1.807, 2.05) is 55.7 Å². The second-order valence-electron chi connectivity index (χ2n) is 7.57. The Morgan fingerprint density at radius 1 is 1.14 bits per heavy atom. The molecule has 0 unspecified atom stereocenters. The third kappa shape index (κ3) is 3.87. The molecule has 3 aromatic rings. The molecule has 1 saturated carbocycles. The van der Waals surface area contributed by atoms with Crippen LogP contribution in [-0.2, 0) is 7.05 Å². The van der Waals surface area contributed by atoms with E-state index in [1.54, 1.807) is 20.7 Å². The van der Waals surface area contributed by atoms with Gasteiger partial charge in [-0.05, 0) is 49.3 Å². The molecule has 2 N–H and O–H groups in total. The first-order valence-corrected chi connectivity index (χ1v) is 10.9. The van der Waals surface area contributed by atoms with Crippen LogP contribution < -0.4 is 16.2 Å². The molecule has 1 fully saturated rings. The maximum absolute atomic E-state index is 13.0. The molecule has 4 rings (SSSR count). The molecule has 152 valence electrons. The fourth-order valence-corrected chi connectivity index (χ4v) is 5.05. The van der Waals surface area contributed by atoms with Gasteiger partial charge in [0.25, 0.3) is 5.56 Å². The number of aromatic nitrogens is 2. The quantitative estimate of drug-likeness (QED) is 0.645. The zero-order valence-corrected chi connectivity index (χ0v) is 17.5. The lowest BCUT2D eigenvalue weighted by Crippen LogP contribution is -2.36. The highest BCUT2D eigenvalue weighted by Crippen LogP contribution is 2.37. The molecule has 6 nitrogen and oxygen atoms in total. The number of anilines is 1. The number of amides is 2. The Kier molecular flexibility index (Phi) is 5.58. The van der Waals surface area contributed by atoms with Crippen LogP contribution in [-0.4, -0.2) is 15.4 Å². The smallest absolute Gasteiger partial charge is 0.319 e. The van der Waals surface area contributed by atoms with Crippen LogP contribution >= 0.6 is 11.3 Å². The Bertz CT molecular complexity index is 1030. The van der Waals surface area contributed by atoms with Crippen molar-refractivity contribution in [2.45, 2.75) is 38.6 Å². The lowest BCUT2D eigenvalue weighted by Gasteiger charge is -2.23. The number of para-hydroxylation sites is 1. The number of carbonyl (C=O) groups excluding carboxylic acids is 1. The molecule has 2 heterocycles. The number of hydrogen-bond acceptors (Lipinski definition) is 3. The van der Waals surface area contributed by atoms with E-state index >= 15 is 0 Å². The van der Waals surface area contributed by atoms with E-state index in [-0.39, 0.29) is 17.6 Å². The van der Waals surface area contributed by atoms with Gasteiger partial charge < -0.3 is 10.6 Å². The zero-order chi connectivity index (χ0) is 20.4. The summed E-state index contributed by atoms with van der Waals surface area (Å²) in [5.41, 5.74) is 1.55. The summed E-state index contributed by atoms with van der Waals surface area (Å²) in [5.74, 6) is 0.442. The normalized spacial score (nSPS) is 15.4. The zero-order valence-electron chi connectivity index (χ0n) is 16.7. The van der Waals surface area contributed by atoms with Gasteiger partial charge in [-0.25, -0.2) is 9.48 Å². The lowest BCUT2D eigenvalue weighted by atomic mass is 9.97. The number of rotatable bonds is 5. The van der Waals surface area contributed by atoms with Crippen molar-refractivity contribution in [1.82, 2.24) is 14.7 Å². The summed E-state index contributed by atoms with van der Waals surface area (Å²) < 4.78 is 3.33. The van der Waals surface area contributed by atoms with Gasteiger partial charge in [0.1, 0.15) is 5.69 Å². The molecule has 2 amide bonds. The van der Waals surface area contributed by atoms with Crippen molar-refractivity contribution >= 4 is 23.1 Å². The van der Waals surface area contributed by atoms with Gasteiger partial charge in [0, 0.05) is 11.9 Å². The van der Waals surface area contributed by atoms with E-state index in [2.05, 4.69) is 16.7 Å². The number of nitrogens with one attached hydrogen (secondary N) is 2. The van der Waals surface area contributed by atoms with Gasteiger partial charge in [-0.15, -0.1) is 11.3 Å². The van der Waals surface area contributed by atoms with Crippen molar-refractivity contribution in [2.24, 2.45) is 13.0 Å². The lowest BCUT2D eigenvalue weighted by molar-refractivity contribution is 0.243. The summed E-state index contributed by atoms with van der Waals surface area (Å²) in [7, 11) is 1.82. The minimum Gasteiger partial charge on any atom is -0.330 e. The minimum atomic E-state index is -0.332. The molecule has 0 saturated heterocycles. The molecule has 2 aromatic heterocycles. The molecule has 29 heavy (non-hydrogen) atoms. The molecule has 1 aromatic carbocycles. The predicted molar refractivity (Wildman–Crippen MR) is 117 cm³/mol. The van der Waals surface area contributed by atoms with Gasteiger partial charge in [0.2, 0.25) is 0 Å². The van der Waals surface area contributed by atoms with Gasteiger partial charge >= 0.3 is 6.03 Å². The van der Waals surface area contributed by atoms with E-state index < -0.39 is 0 Å². The number of benzene rings is 1.